The van der Waals surface area contributed by atoms with Crippen molar-refractivity contribution in [3.63, 3.8) is 0 Å². The summed E-state index contributed by atoms with van der Waals surface area (Å²) in [7, 11) is 0. The molecule has 1 aliphatic rings. The fraction of sp³-hybridized carbons (Fsp3) is 0.900. The molecule has 1 fully saturated rings. The molecule has 1 aliphatic heterocycles. The SMILES string of the molecule is CCCCOC1C(O)[C@H](O)OC(C=O)[C@H]1O. The molecule has 0 aliphatic carbocycles. The number of rotatable bonds is 5. The van der Waals surface area contributed by atoms with Crippen molar-refractivity contribution in [1.82, 2.24) is 0 Å². The van der Waals surface area contributed by atoms with E-state index in [4.69, 9.17) is 9.47 Å². The van der Waals surface area contributed by atoms with Gasteiger partial charge in [-0.15, -0.1) is 0 Å². The van der Waals surface area contributed by atoms with Gasteiger partial charge in [-0.3, -0.25) is 0 Å². The van der Waals surface area contributed by atoms with Crippen LogP contribution in [0.3, 0.4) is 0 Å². The zero-order valence-electron chi connectivity index (χ0n) is 9.15. The molecule has 0 spiro atoms. The summed E-state index contributed by atoms with van der Waals surface area (Å²) in [5.74, 6) is 0. The van der Waals surface area contributed by atoms with Gasteiger partial charge in [-0.05, 0) is 6.42 Å². The van der Waals surface area contributed by atoms with Crippen molar-refractivity contribution >= 4 is 6.29 Å². The Balaban J connectivity index is 2.58. The average Bonchev–Trinajstić information content (AvgIpc) is 2.28. The van der Waals surface area contributed by atoms with Crippen molar-refractivity contribution in [3.8, 4) is 0 Å². The maximum Gasteiger partial charge on any atom is 0.184 e. The summed E-state index contributed by atoms with van der Waals surface area (Å²) in [4.78, 5) is 10.6. The summed E-state index contributed by atoms with van der Waals surface area (Å²) >= 11 is 0. The summed E-state index contributed by atoms with van der Waals surface area (Å²) in [5, 5.41) is 28.5. The summed E-state index contributed by atoms with van der Waals surface area (Å²) in [6, 6.07) is 0. The molecule has 16 heavy (non-hydrogen) atoms. The lowest BCUT2D eigenvalue weighted by Crippen LogP contribution is -2.59. The van der Waals surface area contributed by atoms with E-state index >= 15 is 0 Å². The Morgan fingerprint density at radius 2 is 2.00 bits per heavy atom. The van der Waals surface area contributed by atoms with Gasteiger partial charge < -0.3 is 29.6 Å². The van der Waals surface area contributed by atoms with Crippen molar-refractivity contribution in [3.05, 3.63) is 0 Å². The molecule has 0 amide bonds. The highest BCUT2D eigenvalue weighted by Crippen LogP contribution is 2.21. The van der Waals surface area contributed by atoms with Crippen molar-refractivity contribution in [2.75, 3.05) is 6.61 Å². The monoisotopic (exact) mass is 234 g/mol. The Morgan fingerprint density at radius 1 is 1.31 bits per heavy atom. The van der Waals surface area contributed by atoms with Gasteiger partial charge in [0, 0.05) is 6.61 Å². The van der Waals surface area contributed by atoms with Crippen LogP contribution in [-0.4, -0.2) is 58.9 Å². The van der Waals surface area contributed by atoms with Crippen LogP contribution in [0.4, 0.5) is 0 Å². The van der Waals surface area contributed by atoms with Crippen molar-refractivity contribution in [2.24, 2.45) is 0 Å². The van der Waals surface area contributed by atoms with Gasteiger partial charge in [0.15, 0.2) is 12.6 Å². The highest BCUT2D eigenvalue weighted by molar-refractivity contribution is 5.57. The number of carbonyl (C=O) groups is 1. The summed E-state index contributed by atoms with van der Waals surface area (Å²) in [6.07, 6.45) is -4.19. The number of ether oxygens (including phenoxy) is 2. The predicted molar refractivity (Wildman–Crippen MR) is 53.6 cm³/mol. The third kappa shape index (κ3) is 2.99. The molecule has 1 rings (SSSR count). The minimum absolute atomic E-state index is 0.355. The zero-order chi connectivity index (χ0) is 12.1. The molecular formula is C10H18O6. The highest BCUT2D eigenvalue weighted by atomic mass is 16.6. The number of aliphatic hydroxyl groups excluding tert-OH is 3. The number of carbonyl (C=O) groups excluding carboxylic acids is 1. The smallest absolute Gasteiger partial charge is 0.184 e. The van der Waals surface area contributed by atoms with Crippen LogP contribution >= 0.6 is 0 Å². The first-order valence-corrected chi connectivity index (χ1v) is 5.38. The second-order valence-electron chi connectivity index (χ2n) is 3.80. The number of hydrogen-bond acceptors (Lipinski definition) is 6. The van der Waals surface area contributed by atoms with Gasteiger partial charge in [0.25, 0.3) is 0 Å². The molecule has 6 nitrogen and oxygen atoms in total. The van der Waals surface area contributed by atoms with E-state index in [1.165, 1.54) is 0 Å². The Morgan fingerprint density at radius 3 is 2.56 bits per heavy atom. The van der Waals surface area contributed by atoms with E-state index in [1.807, 2.05) is 6.92 Å². The number of hydrogen-bond donors (Lipinski definition) is 3. The number of aldehydes is 1. The second kappa shape index (κ2) is 6.27. The van der Waals surface area contributed by atoms with Crippen LogP contribution in [0.25, 0.3) is 0 Å². The van der Waals surface area contributed by atoms with Crippen LogP contribution < -0.4 is 0 Å². The third-order valence-electron chi connectivity index (χ3n) is 2.54. The van der Waals surface area contributed by atoms with Gasteiger partial charge in [-0.2, -0.15) is 0 Å². The van der Waals surface area contributed by atoms with E-state index in [2.05, 4.69) is 0 Å². The van der Waals surface area contributed by atoms with Crippen LogP contribution in [0.15, 0.2) is 0 Å². The third-order valence-corrected chi connectivity index (χ3v) is 2.54. The molecule has 3 N–H and O–H groups in total. The Labute approximate surface area is 93.8 Å². The van der Waals surface area contributed by atoms with Crippen molar-refractivity contribution in [2.45, 2.75) is 50.5 Å². The van der Waals surface area contributed by atoms with E-state index in [-0.39, 0.29) is 0 Å². The molecule has 0 saturated carbocycles. The Kier molecular flexibility index (Phi) is 5.30. The quantitative estimate of drug-likeness (QED) is 0.409. The van der Waals surface area contributed by atoms with Crippen molar-refractivity contribution in [1.29, 1.82) is 0 Å². The fourth-order valence-electron chi connectivity index (χ4n) is 1.55. The maximum absolute atomic E-state index is 10.6. The topological polar surface area (TPSA) is 96.2 Å². The molecule has 6 heteroatoms. The van der Waals surface area contributed by atoms with Crippen molar-refractivity contribution < 1.29 is 29.6 Å². The molecule has 1 heterocycles. The lowest BCUT2D eigenvalue weighted by atomic mass is 9.99. The second-order valence-corrected chi connectivity index (χ2v) is 3.80. The normalized spacial score (nSPS) is 39.6. The fourth-order valence-corrected chi connectivity index (χ4v) is 1.55. The first-order chi connectivity index (χ1) is 7.61. The summed E-state index contributed by atoms with van der Waals surface area (Å²) < 4.78 is 9.96. The average molecular weight is 234 g/mol. The molecule has 5 atom stereocenters. The standard InChI is InChI=1S/C10H18O6/c1-2-3-4-15-9-7(12)6(5-11)16-10(14)8(9)13/h5-10,12-14H,2-4H2,1H3/t6?,7-,8?,9?,10-/m1/s1. The van der Waals surface area contributed by atoms with Crippen LogP contribution in [0, 0.1) is 0 Å². The molecule has 0 bridgehead atoms. The molecule has 0 aromatic rings. The minimum Gasteiger partial charge on any atom is -0.387 e. The lowest BCUT2D eigenvalue weighted by molar-refractivity contribution is -0.280. The van der Waals surface area contributed by atoms with E-state index in [9.17, 15) is 20.1 Å². The highest BCUT2D eigenvalue weighted by Gasteiger charge is 2.44. The first kappa shape index (κ1) is 13.5. The summed E-state index contributed by atoms with van der Waals surface area (Å²) in [6.45, 7) is 2.33. The number of unbranched alkanes of at least 4 members (excludes halogenated alkanes) is 1. The molecule has 0 aromatic heterocycles. The molecular weight excluding hydrogens is 216 g/mol. The minimum atomic E-state index is -1.51. The van der Waals surface area contributed by atoms with Crippen LogP contribution in [0.2, 0.25) is 0 Å². The van der Waals surface area contributed by atoms with E-state index in [0.717, 1.165) is 12.8 Å². The van der Waals surface area contributed by atoms with E-state index in [1.54, 1.807) is 0 Å². The zero-order valence-corrected chi connectivity index (χ0v) is 9.15. The molecule has 3 unspecified atom stereocenters. The molecule has 0 aromatic carbocycles. The van der Waals surface area contributed by atoms with Gasteiger partial charge in [0.2, 0.25) is 0 Å². The van der Waals surface area contributed by atoms with Gasteiger partial charge >= 0.3 is 0 Å². The molecule has 1 saturated heterocycles. The molecule has 0 radical (unpaired) electrons. The van der Waals surface area contributed by atoms with Gasteiger partial charge in [-0.25, -0.2) is 0 Å². The summed E-state index contributed by atoms with van der Waals surface area (Å²) in [5.41, 5.74) is 0. The van der Waals surface area contributed by atoms with Crippen LogP contribution in [0.1, 0.15) is 19.8 Å². The predicted octanol–water partition coefficient (Wildman–Crippen LogP) is -1.19. The largest absolute Gasteiger partial charge is 0.387 e. The van der Waals surface area contributed by atoms with Gasteiger partial charge in [-0.1, -0.05) is 13.3 Å². The van der Waals surface area contributed by atoms with Gasteiger partial charge in [0.1, 0.15) is 24.4 Å². The maximum atomic E-state index is 10.6. The van der Waals surface area contributed by atoms with Crippen LogP contribution in [0.5, 0.6) is 0 Å². The Bertz CT molecular complexity index is 221. The lowest BCUT2D eigenvalue weighted by Gasteiger charge is -2.38. The van der Waals surface area contributed by atoms with Gasteiger partial charge in [0.05, 0.1) is 0 Å². The molecule has 94 valence electrons. The first-order valence-electron chi connectivity index (χ1n) is 5.38. The number of aliphatic hydroxyl groups is 3. The Hall–Kier alpha value is -0.530. The van der Waals surface area contributed by atoms with E-state index in [0.29, 0.717) is 12.9 Å². The van der Waals surface area contributed by atoms with Crippen LogP contribution in [-0.2, 0) is 14.3 Å². The van der Waals surface area contributed by atoms with E-state index < -0.39 is 30.7 Å².